The molecule has 0 saturated heterocycles. The minimum atomic E-state index is 0.446. The van der Waals surface area contributed by atoms with Gasteiger partial charge in [-0.25, -0.2) is 0 Å². The van der Waals surface area contributed by atoms with Crippen molar-refractivity contribution in [1.82, 2.24) is 10.2 Å². The van der Waals surface area contributed by atoms with Gasteiger partial charge in [-0.1, -0.05) is 30.4 Å². The van der Waals surface area contributed by atoms with Crippen LogP contribution < -0.4 is 5.73 Å². The smallest absolute Gasteiger partial charge is 0.146 e. The number of allylic oxidation sites excluding steroid dienone is 4. The molecule has 1 aromatic rings. The van der Waals surface area contributed by atoms with E-state index in [4.69, 9.17) is 5.73 Å². The Labute approximate surface area is 76.3 Å². The zero-order valence-corrected chi connectivity index (χ0v) is 7.01. The highest BCUT2D eigenvalue weighted by molar-refractivity contribution is 5.66. The van der Waals surface area contributed by atoms with Crippen LogP contribution in [0.4, 0.5) is 5.82 Å². The molecule has 1 aromatic heterocycles. The minimum Gasteiger partial charge on any atom is -0.382 e. The van der Waals surface area contributed by atoms with E-state index >= 15 is 0 Å². The molecule has 2 rings (SSSR count). The van der Waals surface area contributed by atoms with Crippen molar-refractivity contribution >= 4 is 18.0 Å². The molecule has 1 aliphatic carbocycles. The quantitative estimate of drug-likeness (QED) is 0.645. The maximum Gasteiger partial charge on any atom is 0.146 e. The van der Waals surface area contributed by atoms with Crippen LogP contribution in [0.3, 0.4) is 0 Å². The van der Waals surface area contributed by atoms with E-state index < -0.39 is 0 Å². The summed E-state index contributed by atoms with van der Waals surface area (Å²) in [4.78, 5) is 0. The van der Waals surface area contributed by atoms with Crippen molar-refractivity contribution in [3.05, 3.63) is 41.6 Å². The third kappa shape index (κ3) is 1.64. The Bertz CT molecular complexity index is 403. The van der Waals surface area contributed by atoms with E-state index in [2.05, 4.69) is 10.2 Å². The second kappa shape index (κ2) is 3.23. The van der Waals surface area contributed by atoms with E-state index in [1.165, 1.54) is 0 Å². The van der Waals surface area contributed by atoms with Gasteiger partial charge in [-0.3, -0.25) is 0 Å². The normalized spacial score (nSPS) is 18.5. The largest absolute Gasteiger partial charge is 0.382 e. The van der Waals surface area contributed by atoms with Gasteiger partial charge in [0.15, 0.2) is 0 Å². The fraction of sp³-hybridized carbons (Fsp3) is 0. The Morgan fingerprint density at radius 1 is 0.923 bits per heavy atom. The van der Waals surface area contributed by atoms with Crippen molar-refractivity contribution in [2.75, 3.05) is 5.73 Å². The van der Waals surface area contributed by atoms with Crippen LogP contribution in [0.25, 0.3) is 12.2 Å². The van der Waals surface area contributed by atoms with Crippen LogP contribution in [0.5, 0.6) is 0 Å². The molecule has 1 heterocycles. The second-order valence-corrected chi connectivity index (χ2v) is 2.71. The first-order valence-electron chi connectivity index (χ1n) is 4.01. The number of anilines is 1. The molecule has 0 aliphatic heterocycles. The predicted molar refractivity (Wildman–Crippen MR) is 53.7 cm³/mol. The monoisotopic (exact) mass is 171 g/mol. The first kappa shape index (κ1) is 7.73. The zero-order valence-electron chi connectivity index (χ0n) is 7.01. The summed E-state index contributed by atoms with van der Waals surface area (Å²) >= 11 is 0. The average Bonchev–Trinajstić information content (AvgIpc) is 2.08. The van der Waals surface area contributed by atoms with Gasteiger partial charge in [0.2, 0.25) is 0 Å². The standard InChI is InChI=1S/C10H9N3/c11-10-7-8-5-3-1-2-4-6-9(8)12-13-10/h1-7H,(H2,11,13)/b2-1-,3-1?,4-2?,5-3?,6-4-,8-5?,9-6?. The Morgan fingerprint density at radius 3 is 2.54 bits per heavy atom. The molecule has 1 aliphatic rings. The van der Waals surface area contributed by atoms with Crippen LogP contribution in [0.2, 0.25) is 0 Å². The van der Waals surface area contributed by atoms with Crippen LogP contribution >= 0.6 is 0 Å². The summed E-state index contributed by atoms with van der Waals surface area (Å²) in [6, 6.07) is 1.81. The lowest BCUT2D eigenvalue weighted by Gasteiger charge is -2.00. The molecule has 0 unspecified atom stereocenters. The molecular formula is C10H9N3. The van der Waals surface area contributed by atoms with Crippen molar-refractivity contribution < 1.29 is 0 Å². The lowest BCUT2D eigenvalue weighted by Crippen LogP contribution is -1.97. The van der Waals surface area contributed by atoms with Crippen LogP contribution in [0, 0.1) is 0 Å². The summed E-state index contributed by atoms with van der Waals surface area (Å²) in [5, 5.41) is 7.76. The molecule has 0 amide bonds. The molecule has 0 saturated carbocycles. The molecule has 0 fully saturated rings. The molecule has 13 heavy (non-hydrogen) atoms. The molecule has 0 bridgehead atoms. The van der Waals surface area contributed by atoms with Crippen LogP contribution in [0.1, 0.15) is 11.3 Å². The molecular weight excluding hydrogens is 162 g/mol. The number of rotatable bonds is 0. The van der Waals surface area contributed by atoms with E-state index in [0.29, 0.717) is 5.82 Å². The van der Waals surface area contributed by atoms with E-state index in [9.17, 15) is 0 Å². The number of hydrogen-bond acceptors (Lipinski definition) is 3. The van der Waals surface area contributed by atoms with Gasteiger partial charge in [-0.05, 0) is 12.1 Å². The Kier molecular flexibility index (Phi) is 1.92. The number of nitrogens with zero attached hydrogens (tertiary/aromatic N) is 2. The van der Waals surface area contributed by atoms with Crippen LogP contribution in [-0.2, 0) is 0 Å². The van der Waals surface area contributed by atoms with Crippen LogP contribution in [-0.4, -0.2) is 10.2 Å². The van der Waals surface area contributed by atoms with Gasteiger partial charge in [0.1, 0.15) is 5.82 Å². The van der Waals surface area contributed by atoms with E-state index in [0.717, 1.165) is 11.3 Å². The minimum absolute atomic E-state index is 0.446. The van der Waals surface area contributed by atoms with Gasteiger partial charge < -0.3 is 5.73 Å². The number of aromatic nitrogens is 2. The van der Waals surface area contributed by atoms with Gasteiger partial charge in [0.05, 0.1) is 5.69 Å². The van der Waals surface area contributed by atoms with Gasteiger partial charge in [0.25, 0.3) is 0 Å². The van der Waals surface area contributed by atoms with Gasteiger partial charge in [-0.15, -0.1) is 10.2 Å². The fourth-order valence-corrected chi connectivity index (χ4v) is 1.13. The van der Waals surface area contributed by atoms with Crippen molar-refractivity contribution in [2.45, 2.75) is 0 Å². The summed E-state index contributed by atoms with van der Waals surface area (Å²) in [5.74, 6) is 0.446. The maximum atomic E-state index is 5.52. The average molecular weight is 171 g/mol. The molecule has 0 spiro atoms. The summed E-state index contributed by atoms with van der Waals surface area (Å²) in [6.07, 6.45) is 11.6. The fourth-order valence-electron chi connectivity index (χ4n) is 1.13. The SMILES string of the molecule is Nc1cc2c(nn1)/C=C\C=C/C=C2. The zero-order chi connectivity index (χ0) is 9.10. The lowest BCUT2D eigenvalue weighted by atomic mass is 10.1. The predicted octanol–water partition coefficient (Wildman–Crippen LogP) is 1.66. The molecule has 0 atom stereocenters. The van der Waals surface area contributed by atoms with Crippen molar-refractivity contribution in [2.24, 2.45) is 0 Å². The van der Waals surface area contributed by atoms with Crippen LogP contribution in [0.15, 0.2) is 30.4 Å². The Hall–Kier alpha value is -1.90. The van der Waals surface area contributed by atoms with Gasteiger partial charge in [-0.2, -0.15) is 0 Å². The van der Waals surface area contributed by atoms with Crippen molar-refractivity contribution in [3.63, 3.8) is 0 Å². The summed E-state index contributed by atoms with van der Waals surface area (Å²) < 4.78 is 0. The molecule has 0 radical (unpaired) electrons. The lowest BCUT2D eigenvalue weighted by molar-refractivity contribution is 1.02. The Morgan fingerprint density at radius 2 is 1.69 bits per heavy atom. The third-order valence-corrected chi connectivity index (χ3v) is 1.74. The first-order valence-corrected chi connectivity index (χ1v) is 4.01. The van der Waals surface area contributed by atoms with E-state index in [-0.39, 0.29) is 0 Å². The molecule has 0 aromatic carbocycles. The van der Waals surface area contributed by atoms with E-state index in [1.54, 1.807) is 0 Å². The number of fused-ring (bicyclic) bond motifs is 1. The first-order chi connectivity index (χ1) is 6.36. The molecule has 2 N–H and O–H groups in total. The van der Waals surface area contributed by atoms with Crippen molar-refractivity contribution in [3.8, 4) is 0 Å². The summed E-state index contributed by atoms with van der Waals surface area (Å²) in [5.41, 5.74) is 7.36. The van der Waals surface area contributed by atoms with Crippen molar-refractivity contribution in [1.29, 1.82) is 0 Å². The maximum absolute atomic E-state index is 5.52. The number of nitrogens with two attached hydrogens (primary N) is 1. The summed E-state index contributed by atoms with van der Waals surface area (Å²) in [7, 11) is 0. The third-order valence-electron chi connectivity index (χ3n) is 1.74. The summed E-state index contributed by atoms with van der Waals surface area (Å²) in [6.45, 7) is 0. The highest BCUT2D eigenvalue weighted by Gasteiger charge is 1.99. The van der Waals surface area contributed by atoms with Gasteiger partial charge in [0, 0.05) is 5.56 Å². The van der Waals surface area contributed by atoms with E-state index in [1.807, 2.05) is 42.5 Å². The number of hydrogen-bond donors (Lipinski definition) is 1. The molecule has 3 nitrogen and oxygen atoms in total. The Balaban J connectivity index is 2.56. The second-order valence-electron chi connectivity index (χ2n) is 2.71. The highest BCUT2D eigenvalue weighted by atomic mass is 15.1. The van der Waals surface area contributed by atoms with Gasteiger partial charge >= 0.3 is 0 Å². The molecule has 3 heteroatoms. The molecule has 64 valence electrons. The topological polar surface area (TPSA) is 51.8 Å². The number of nitrogen functional groups attached to an aromatic ring is 1. The highest BCUT2D eigenvalue weighted by Crippen LogP contribution is 2.13.